The van der Waals surface area contributed by atoms with E-state index < -0.39 is 10.0 Å². The summed E-state index contributed by atoms with van der Waals surface area (Å²) in [5.41, 5.74) is 0. The zero-order valence-electron chi connectivity index (χ0n) is 6.86. The number of nitrogens with two attached hydrogens (primary N) is 1. The monoisotopic (exact) mass is 230 g/mol. The predicted molar refractivity (Wildman–Crippen MR) is 51.8 cm³/mol. The molecule has 1 heterocycles. The van der Waals surface area contributed by atoms with Gasteiger partial charge in [-0.25, -0.2) is 13.6 Å². The average molecular weight is 230 g/mol. The molecule has 0 bridgehead atoms. The quantitative estimate of drug-likeness (QED) is 0.754. The third-order valence-electron chi connectivity index (χ3n) is 1.21. The summed E-state index contributed by atoms with van der Waals surface area (Å²) in [7, 11) is -3.29. The van der Waals surface area contributed by atoms with E-state index in [1.807, 2.05) is 17.5 Å². The molecule has 6 heteroatoms. The summed E-state index contributed by atoms with van der Waals surface area (Å²) >= 11 is 1.54. The second-order valence-electron chi connectivity index (χ2n) is 2.20. The van der Waals surface area contributed by atoms with Crippen LogP contribution in [0.1, 0.15) is 4.88 Å². The molecule has 0 aliphatic carbocycles. The number of thiophene rings is 1. The maximum Gasteiger partial charge on any atom is 0.209 e. The second-order valence-corrected chi connectivity index (χ2v) is 4.96. The van der Waals surface area contributed by atoms with Gasteiger partial charge in [-0.05, 0) is 17.9 Å². The Morgan fingerprint density at radius 3 is 2.58 bits per heavy atom. The van der Waals surface area contributed by atoms with E-state index in [1.165, 1.54) is 0 Å². The van der Waals surface area contributed by atoms with Crippen molar-refractivity contribution in [3.05, 3.63) is 22.4 Å². The first kappa shape index (κ1) is 13.2. The van der Waals surface area contributed by atoms with E-state index in [1.54, 1.807) is 11.3 Å². The van der Waals surface area contributed by atoms with Gasteiger partial charge in [-0.3, -0.25) is 0 Å². The van der Waals surface area contributed by atoms with Crippen molar-refractivity contribution < 1.29 is 8.42 Å². The molecule has 63 valence electrons. The first-order chi connectivity index (χ1) is 5.08. The summed E-state index contributed by atoms with van der Waals surface area (Å²) in [4.78, 5) is 1.05. The van der Waals surface area contributed by atoms with E-state index in [4.69, 9.17) is 5.14 Å². The molecular weight excluding hydrogens is 221 g/mol. The van der Waals surface area contributed by atoms with Gasteiger partial charge in [-0.1, -0.05) is 6.07 Å². The maximum absolute atomic E-state index is 10.5. The predicted octanol–water partition coefficient (Wildman–Crippen LogP) is 0.198. The Morgan fingerprint density at radius 1 is 1.50 bits per heavy atom. The molecule has 0 aliphatic heterocycles. The van der Waals surface area contributed by atoms with Gasteiger partial charge < -0.3 is 0 Å². The van der Waals surface area contributed by atoms with Crippen LogP contribution in [0.3, 0.4) is 0 Å². The molecule has 0 aliphatic rings. The van der Waals surface area contributed by atoms with E-state index in [0.717, 1.165) is 4.88 Å². The Morgan fingerprint density at radius 2 is 2.17 bits per heavy atom. The van der Waals surface area contributed by atoms with Gasteiger partial charge in [0.1, 0.15) is 0 Å². The van der Waals surface area contributed by atoms with Gasteiger partial charge >= 0.3 is 0 Å². The number of hydrogen-bond donors (Lipinski definition) is 1. The maximum atomic E-state index is 10.5. The molecule has 0 unspecified atom stereocenters. The number of hydrogen-bond acceptors (Lipinski definition) is 3. The average Bonchev–Trinajstić information content (AvgIpc) is 2.32. The van der Waals surface area contributed by atoms with Crippen LogP contribution < -0.4 is 5.14 Å². The molecular formula is C6H9KNO2S2. The fourth-order valence-corrected chi connectivity index (χ4v) is 2.04. The summed E-state index contributed by atoms with van der Waals surface area (Å²) in [6.45, 7) is 0. The number of aryl methyl sites for hydroxylation is 1. The van der Waals surface area contributed by atoms with Crippen molar-refractivity contribution in [2.24, 2.45) is 5.14 Å². The van der Waals surface area contributed by atoms with Crippen LogP contribution in [0.4, 0.5) is 0 Å². The topological polar surface area (TPSA) is 60.2 Å². The molecule has 1 aromatic rings. The Bertz CT molecular complexity index is 306. The first-order valence-corrected chi connectivity index (χ1v) is 5.70. The van der Waals surface area contributed by atoms with Crippen molar-refractivity contribution in [3.63, 3.8) is 0 Å². The summed E-state index contributed by atoms with van der Waals surface area (Å²) in [6.07, 6.45) is 0.524. The minimum absolute atomic E-state index is 0. The van der Waals surface area contributed by atoms with Gasteiger partial charge in [0.2, 0.25) is 10.0 Å². The van der Waals surface area contributed by atoms with E-state index in [9.17, 15) is 8.42 Å². The van der Waals surface area contributed by atoms with Crippen LogP contribution >= 0.6 is 11.3 Å². The Hall–Kier alpha value is 1.25. The molecule has 0 saturated heterocycles. The van der Waals surface area contributed by atoms with Crippen LogP contribution in [-0.2, 0) is 16.4 Å². The molecule has 0 saturated carbocycles. The fourth-order valence-electron chi connectivity index (χ4n) is 0.698. The largest absolute Gasteiger partial charge is 0.229 e. The van der Waals surface area contributed by atoms with Crippen LogP contribution in [-0.4, -0.2) is 65.6 Å². The van der Waals surface area contributed by atoms with Gasteiger partial charge in [0.05, 0.1) is 5.75 Å². The van der Waals surface area contributed by atoms with Crippen molar-refractivity contribution in [1.82, 2.24) is 0 Å². The molecule has 1 aromatic heterocycles. The van der Waals surface area contributed by atoms with Crippen LogP contribution in [0.25, 0.3) is 0 Å². The van der Waals surface area contributed by atoms with Gasteiger partial charge in [0.15, 0.2) is 0 Å². The molecule has 2 N–H and O–H groups in total. The summed E-state index contributed by atoms with van der Waals surface area (Å²) in [6, 6.07) is 3.79. The van der Waals surface area contributed by atoms with Gasteiger partial charge in [0.25, 0.3) is 0 Å². The van der Waals surface area contributed by atoms with Crippen LogP contribution in [0.5, 0.6) is 0 Å². The molecule has 1 rings (SSSR count). The molecule has 0 atom stereocenters. The van der Waals surface area contributed by atoms with Gasteiger partial charge in [-0.15, -0.1) is 11.3 Å². The van der Waals surface area contributed by atoms with Gasteiger partial charge in [0, 0.05) is 56.3 Å². The molecule has 3 nitrogen and oxygen atoms in total. The smallest absolute Gasteiger partial charge is 0.209 e. The van der Waals surface area contributed by atoms with Crippen LogP contribution in [0, 0.1) is 0 Å². The third-order valence-corrected chi connectivity index (χ3v) is 2.92. The molecule has 12 heavy (non-hydrogen) atoms. The Balaban J connectivity index is 0.00000121. The Kier molecular flexibility index (Phi) is 6.48. The van der Waals surface area contributed by atoms with E-state index >= 15 is 0 Å². The van der Waals surface area contributed by atoms with Crippen molar-refractivity contribution >= 4 is 72.7 Å². The van der Waals surface area contributed by atoms with E-state index in [-0.39, 0.29) is 57.1 Å². The number of primary sulfonamides is 1. The molecule has 1 radical (unpaired) electrons. The molecule has 0 aromatic carbocycles. The third kappa shape index (κ3) is 5.82. The zero-order chi connectivity index (χ0) is 8.32. The van der Waals surface area contributed by atoms with E-state index in [0.29, 0.717) is 6.42 Å². The normalized spacial score (nSPS) is 10.8. The minimum Gasteiger partial charge on any atom is -0.229 e. The SMILES string of the molecule is NS(=O)(=O)CCc1cccs1.[K]. The minimum atomic E-state index is -3.29. The Labute approximate surface area is 119 Å². The second kappa shape index (κ2) is 5.87. The summed E-state index contributed by atoms with van der Waals surface area (Å²) < 4.78 is 21.0. The summed E-state index contributed by atoms with van der Waals surface area (Å²) in [5, 5.41) is 6.74. The molecule has 0 amide bonds. The van der Waals surface area contributed by atoms with Crippen molar-refractivity contribution in [2.75, 3.05) is 5.75 Å². The zero-order valence-corrected chi connectivity index (χ0v) is 11.6. The molecule has 0 spiro atoms. The van der Waals surface area contributed by atoms with Gasteiger partial charge in [-0.2, -0.15) is 0 Å². The number of sulfonamides is 1. The van der Waals surface area contributed by atoms with Crippen LogP contribution in [0.15, 0.2) is 17.5 Å². The van der Waals surface area contributed by atoms with E-state index in [2.05, 4.69) is 0 Å². The molecule has 0 fully saturated rings. The van der Waals surface area contributed by atoms with Crippen molar-refractivity contribution in [3.8, 4) is 0 Å². The van der Waals surface area contributed by atoms with Crippen LogP contribution in [0.2, 0.25) is 0 Å². The number of rotatable bonds is 3. The first-order valence-electron chi connectivity index (χ1n) is 3.11. The van der Waals surface area contributed by atoms with Crippen molar-refractivity contribution in [1.29, 1.82) is 0 Å². The summed E-state index contributed by atoms with van der Waals surface area (Å²) in [5.74, 6) is 0.0352. The standard InChI is InChI=1S/C6H9NO2S2.K/c7-11(8,9)5-3-6-2-1-4-10-6;/h1-2,4H,3,5H2,(H2,7,8,9);. The van der Waals surface area contributed by atoms with Crippen molar-refractivity contribution in [2.45, 2.75) is 6.42 Å². The fraction of sp³-hybridized carbons (Fsp3) is 0.333.